The molecule has 5 nitrogen and oxygen atoms in total. The normalized spacial score (nSPS) is 24.8. The minimum Gasteiger partial charge on any atom is -0.356 e. The fourth-order valence-corrected chi connectivity index (χ4v) is 3.55. The van der Waals surface area contributed by atoms with E-state index in [1.807, 2.05) is 0 Å². The first-order valence-electron chi connectivity index (χ1n) is 8.29. The van der Waals surface area contributed by atoms with E-state index in [9.17, 15) is 4.79 Å². The summed E-state index contributed by atoms with van der Waals surface area (Å²) in [5.41, 5.74) is 7.11. The van der Waals surface area contributed by atoms with Gasteiger partial charge in [-0.1, -0.05) is 6.42 Å². The van der Waals surface area contributed by atoms with Crippen molar-refractivity contribution < 1.29 is 4.79 Å². The van der Waals surface area contributed by atoms with Gasteiger partial charge in [-0.05, 0) is 31.6 Å². The van der Waals surface area contributed by atoms with Crippen LogP contribution in [0.4, 0.5) is 0 Å². The zero-order valence-corrected chi connectivity index (χ0v) is 12.7. The van der Waals surface area contributed by atoms with Gasteiger partial charge in [0.25, 0.3) is 0 Å². The van der Waals surface area contributed by atoms with Crippen molar-refractivity contribution >= 4 is 5.91 Å². The highest BCUT2D eigenvalue weighted by Crippen LogP contribution is 2.26. The molecule has 3 rings (SSSR count). The standard InChI is InChI=1S/C16H26N4O/c17-14-5-3-4-12(14)10-16(21)18-8-7-13-11-20-9-2-1-6-15(20)19-13/h11-12,14H,1-10,17H2,(H,18,21)/t12-,14+/m0/s1. The summed E-state index contributed by atoms with van der Waals surface area (Å²) in [7, 11) is 0. The van der Waals surface area contributed by atoms with E-state index in [0.717, 1.165) is 37.9 Å². The minimum absolute atomic E-state index is 0.140. The van der Waals surface area contributed by atoms with Crippen molar-refractivity contribution in [1.82, 2.24) is 14.9 Å². The molecular weight excluding hydrogens is 264 g/mol. The Morgan fingerprint density at radius 3 is 3.05 bits per heavy atom. The van der Waals surface area contributed by atoms with Gasteiger partial charge < -0.3 is 15.6 Å². The molecule has 1 saturated carbocycles. The summed E-state index contributed by atoms with van der Waals surface area (Å²) < 4.78 is 2.26. The average Bonchev–Trinajstić information content (AvgIpc) is 3.05. The third-order valence-corrected chi connectivity index (χ3v) is 4.83. The smallest absolute Gasteiger partial charge is 0.220 e. The maximum atomic E-state index is 11.9. The van der Waals surface area contributed by atoms with Crippen molar-refractivity contribution in [3.8, 4) is 0 Å². The molecular formula is C16H26N4O. The molecule has 3 N–H and O–H groups in total. The molecule has 0 bridgehead atoms. The van der Waals surface area contributed by atoms with Gasteiger partial charge in [0, 0.05) is 44.6 Å². The van der Waals surface area contributed by atoms with E-state index < -0.39 is 0 Å². The predicted molar refractivity (Wildman–Crippen MR) is 81.8 cm³/mol. The molecule has 0 spiro atoms. The van der Waals surface area contributed by atoms with Gasteiger partial charge >= 0.3 is 0 Å². The monoisotopic (exact) mass is 290 g/mol. The number of carbonyl (C=O) groups is 1. The van der Waals surface area contributed by atoms with E-state index in [1.54, 1.807) is 0 Å². The van der Waals surface area contributed by atoms with Gasteiger partial charge in [-0.25, -0.2) is 4.98 Å². The molecule has 0 unspecified atom stereocenters. The number of carbonyl (C=O) groups excluding carboxylic acids is 1. The Balaban J connectivity index is 1.41. The number of fused-ring (bicyclic) bond motifs is 1. The molecule has 0 aromatic carbocycles. The number of aryl methyl sites for hydroxylation is 2. The number of amides is 1. The van der Waals surface area contributed by atoms with Gasteiger partial charge in [0.05, 0.1) is 5.69 Å². The Kier molecular flexibility index (Phi) is 4.58. The van der Waals surface area contributed by atoms with E-state index in [4.69, 9.17) is 5.73 Å². The van der Waals surface area contributed by atoms with Crippen molar-refractivity contribution in [2.75, 3.05) is 6.54 Å². The Morgan fingerprint density at radius 2 is 2.29 bits per heavy atom. The first-order valence-corrected chi connectivity index (χ1v) is 8.29. The average molecular weight is 290 g/mol. The van der Waals surface area contributed by atoms with Crippen molar-refractivity contribution in [2.45, 2.75) is 64.0 Å². The van der Waals surface area contributed by atoms with Crippen molar-refractivity contribution in [2.24, 2.45) is 11.7 Å². The molecule has 1 aromatic heterocycles. The quantitative estimate of drug-likeness (QED) is 0.861. The lowest BCUT2D eigenvalue weighted by Crippen LogP contribution is -2.32. The van der Waals surface area contributed by atoms with Crippen molar-refractivity contribution in [1.29, 1.82) is 0 Å². The number of hydrogen-bond acceptors (Lipinski definition) is 3. The number of hydrogen-bond donors (Lipinski definition) is 2. The molecule has 1 aliphatic heterocycles. The van der Waals surface area contributed by atoms with Crippen molar-refractivity contribution in [3.63, 3.8) is 0 Å². The number of nitrogens with zero attached hydrogens (tertiary/aromatic N) is 2. The van der Waals surface area contributed by atoms with Crippen LogP contribution in [0.3, 0.4) is 0 Å². The number of imidazole rings is 1. The summed E-state index contributed by atoms with van der Waals surface area (Å²) in [6, 6.07) is 0.218. The molecule has 1 amide bonds. The second-order valence-electron chi connectivity index (χ2n) is 6.46. The first-order chi connectivity index (χ1) is 10.2. The summed E-state index contributed by atoms with van der Waals surface area (Å²) in [4.78, 5) is 16.6. The molecule has 1 aromatic rings. The van der Waals surface area contributed by atoms with Crippen LogP contribution in [0.1, 0.15) is 50.0 Å². The number of nitrogens with two attached hydrogens (primary N) is 1. The maximum absolute atomic E-state index is 11.9. The van der Waals surface area contributed by atoms with Gasteiger partial charge in [-0.2, -0.15) is 0 Å². The SMILES string of the molecule is N[C@@H]1CCC[C@H]1CC(=O)NCCc1cn2c(n1)CCCC2. The third kappa shape index (κ3) is 3.64. The predicted octanol–water partition coefficient (Wildman–Crippen LogP) is 1.40. The van der Waals surface area contributed by atoms with Gasteiger partial charge in [-0.15, -0.1) is 0 Å². The molecule has 21 heavy (non-hydrogen) atoms. The fraction of sp³-hybridized carbons (Fsp3) is 0.750. The molecule has 0 radical (unpaired) electrons. The molecule has 1 fully saturated rings. The lowest BCUT2D eigenvalue weighted by molar-refractivity contribution is -0.122. The first kappa shape index (κ1) is 14.6. The van der Waals surface area contributed by atoms with Crippen LogP contribution >= 0.6 is 0 Å². The van der Waals surface area contributed by atoms with Gasteiger partial charge in [0.2, 0.25) is 5.91 Å². The maximum Gasteiger partial charge on any atom is 0.220 e. The molecule has 1 aliphatic carbocycles. The lowest BCUT2D eigenvalue weighted by atomic mass is 10.00. The Morgan fingerprint density at radius 1 is 1.38 bits per heavy atom. The number of aromatic nitrogens is 2. The van der Waals surface area contributed by atoms with Crippen LogP contribution in [0, 0.1) is 5.92 Å². The van der Waals surface area contributed by atoms with Crippen LogP contribution in [0.25, 0.3) is 0 Å². The van der Waals surface area contributed by atoms with E-state index in [0.29, 0.717) is 18.9 Å². The summed E-state index contributed by atoms with van der Waals surface area (Å²) in [6.07, 6.45) is 10.5. The summed E-state index contributed by atoms with van der Waals surface area (Å²) in [5, 5.41) is 3.02. The Bertz CT molecular complexity index is 473. The van der Waals surface area contributed by atoms with Crippen LogP contribution in [-0.4, -0.2) is 28.0 Å². The molecule has 116 valence electrons. The second-order valence-corrected chi connectivity index (χ2v) is 6.46. The Hall–Kier alpha value is -1.36. The minimum atomic E-state index is 0.140. The molecule has 2 heterocycles. The van der Waals surface area contributed by atoms with Crippen LogP contribution in [0.2, 0.25) is 0 Å². The largest absolute Gasteiger partial charge is 0.356 e. The highest BCUT2D eigenvalue weighted by Gasteiger charge is 2.25. The van der Waals surface area contributed by atoms with E-state index >= 15 is 0 Å². The molecule has 0 saturated heterocycles. The van der Waals surface area contributed by atoms with Crippen LogP contribution in [0.15, 0.2) is 6.20 Å². The third-order valence-electron chi connectivity index (χ3n) is 4.83. The van der Waals surface area contributed by atoms with Crippen LogP contribution < -0.4 is 11.1 Å². The fourth-order valence-electron chi connectivity index (χ4n) is 3.55. The highest BCUT2D eigenvalue weighted by atomic mass is 16.1. The summed E-state index contributed by atoms with van der Waals surface area (Å²) in [5.74, 6) is 1.73. The molecule has 2 atom stereocenters. The molecule has 5 heteroatoms. The van der Waals surface area contributed by atoms with E-state index in [-0.39, 0.29) is 11.9 Å². The van der Waals surface area contributed by atoms with Gasteiger partial charge in [0.1, 0.15) is 5.82 Å². The second kappa shape index (κ2) is 6.60. The van der Waals surface area contributed by atoms with Crippen LogP contribution in [-0.2, 0) is 24.2 Å². The lowest BCUT2D eigenvalue weighted by Gasteiger charge is -2.14. The zero-order valence-electron chi connectivity index (χ0n) is 12.7. The summed E-state index contributed by atoms with van der Waals surface area (Å²) >= 11 is 0. The molecule has 2 aliphatic rings. The van der Waals surface area contributed by atoms with Gasteiger partial charge in [0.15, 0.2) is 0 Å². The highest BCUT2D eigenvalue weighted by molar-refractivity contribution is 5.76. The summed E-state index contributed by atoms with van der Waals surface area (Å²) in [6.45, 7) is 1.77. The van der Waals surface area contributed by atoms with Crippen molar-refractivity contribution in [3.05, 3.63) is 17.7 Å². The van der Waals surface area contributed by atoms with E-state index in [1.165, 1.54) is 25.1 Å². The van der Waals surface area contributed by atoms with Crippen LogP contribution in [0.5, 0.6) is 0 Å². The Labute approximate surface area is 126 Å². The number of nitrogens with one attached hydrogen (secondary N) is 1. The zero-order chi connectivity index (χ0) is 14.7. The topological polar surface area (TPSA) is 72.9 Å². The van der Waals surface area contributed by atoms with E-state index in [2.05, 4.69) is 21.1 Å². The van der Waals surface area contributed by atoms with Gasteiger partial charge in [-0.3, -0.25) is 4.79 Å². The number of rotatable bonds is 5.